The Balaban J connectivity index is 1.40. The predicted octanol–water partition coefficient (Wildman–Crippen LogP) is 14.0. The van der Waals surface area contributed by atoms with Gasteiger partial charge in [0.1, 0.15) is 0 Å². The molecular weight excluding hydrogens is 863 g/mol. The second kappa shape index (κ2) is 15.4. The zero-order valence-electron chi connectivity index (χ0n) is 37.2. The molecule has 0 nitrogen and oxygen atoms in total. The van der Waals surface area contributed by atoms with Crippen LogP contribution in [0.15, 0.2) is 114 Å². The Morgan fingerprint density at radius 1 is 0.533 bits per heavy atom. The van der Waals surface area contributed by atoms with E-state index in [2.05, 4.69) is 185 Å². The van der Waals surface area contributed by atoms with E-state index in [0.29, 0.717) is 11.8 Å². The molecule has 6 aromatic rings. The fraction of sp³-hybridized carbons (Fsp3) is 0.286. The minimum absolute atomic E-state index is 0.0980. The maximum atomic E-state index is 9.46. The van der Waals surface area contributed by atoms with E-state index in [-0.39, 0.29) is 7.25 Å². The third kappa shape index (κ3) is 6.79. The van der Waals surface area contributed by atoms with E-state index in [1.54, 1.807) is 0 Å². The molecule has 6 aromatic carbocycles. The molecular formula is C56H59Cl2SiZr. The number of hydrogen-bond donors (Lipinski definition) is 0. The molecule has 0 bridgehead atoms. The summed E-state index contributed by atoms with van der Waals surface area (Å²) in [4.78, 5) is 0. The molecule has 0 N–H and O–H groups in total. The van der Waals surface area contributed by atoms with Gasteiger partial charge in [-0.3, -0.25) is 0 Å². The first-order chi connectivity index (χ1) is 28.5. The number of rotatable bonds is 9. The zero-order valence-corrected chi connectivity index (χ0v) is 42.5. The number of benzene rings is 6. The molecule has 1 heterocycles. The molecule has 305 valence electrons. The second-order valence-corrected chi connectivity index (χ2v) is 42.0. The SMILES string of the molecule is Cc1cc(C)cc(-c2c(C)ccc3c2C=C(CC(C)C)[CH]3[Zr]([Cl])([Cl])([c]2cccc3c2[SiH2]c2ccccc2-3)[CH]2C(CC(C)C)=Cc3c2ccc(C)c3-c2cc(C)cc(C)c2)c1. The number of fused-ring (bicyclic) bond motifs is 5. The van der Waals surface area contributed by atoms with E-state index in [0.717, 1.165) is 12.8 Å². The normalized spacial score (nSPS) is 17.7. The summed E-state index contributed by atoms with van der Waals surface area (Å²) < 4.78 is 1.11. The van der Waals surface area contributed by atoms with Crippen LogP contribution in [0, 0.1) is 53.4 Å². The van der Waals surface area contributed by atoms with Crippen molar-refractivity contribution in [2.75, 3.05) is 0 Å². The molecule has 0 saturated heterocycles. The summed E-state index contributed by atoms with van der Waals surface area (Å²) >= 11 is -5.69. The molecule has 0 saturated carbocycles. The van der Waals surface area contributed by atoms with E-state index in [1.165, 1.54) is 114 Å². The second-order valence-electron chi connectivity index (χ2n) is 19.6. The number of halogens is 2. The van der Waals surface area contributed by atoms with Crippen LogP contribution >= 0.6 is 17.0 Å². The summed E-state index contributed by atoms with van der Waals surface area (Å²) in [5.41, 5.74) is 23.8. The van der Waals surface area contributed by atoms with Gasteiger partial charge in [0.15, 0.2) is 0 Å². The van der Waals surface area contributed by atoms with E-state index < -0.39 is 25.9 Å². The van der Waals surface area contributed by atoms with Crippen LogP contribution in [0.2, 0.25) is 0 Å². The van der Waals surface area contributed by atoms with Crippen molar-refractivity contribution in [2.24, 2.45) is 11.8 Å². The van der Waals surface area contributed by atoms with Crippen molar-refractivity contribution in [2.45, 2.75) is 89.3 Å². The van der Waals surface area contributed by atoms with Crippen LogP contribution < -0.4 is 13.6 Å². The summed E-state index contributed by atoms with van der Waals surface area (Å²) in [6.07, 6.45) is 7.02. The van der Waals surface area contributed by atoms with Gasteiger partial charge in [0.2, 0.25) is 0 Å². The number of allylic oxidation sites excluding steroid dienone is 2. The summed E-state index contributed by atoms with van der Waals surface area (Å²) in [7, 11) is 18.1. The Morgan fingerprint density at radius 2 is 0.983 bits per heavy atom. The first-order valence-electron chi connectivity index (χ1n) is 22.2. The van der Waals surface area contributed by atoms with Gasteiger partial charge < -0.3 is 0 Å². The third-order valence-corrected chi connectivity index (χ3v) is 36.5. The predicted molar refractivity (Wildman–Crippen MR) is 264 cm³/mol. The van der Waals surface area contributed by atoms with Crippen LogP contribution in [0.1, 0.15) is 103 Å². The molecule has 60 heavy (non-hydrogen) atoms. The molecule has 0 aromatic heterocycles. The molecule has 2 atom stereocenters. The van der Waals surface area contributed by atoms with Crippen LogP contribution in [-0.2, 0) is 16.4 Å². The fourth-order valence-electron chi connectivity index (χ4n) is 11.9. The molecule has 0 spiro atoms. The fourth-order valence-corrected chi connectivity index (χ4v) is 39.7. The Morgan fingerprint density at radius 3 is 1.45 bits per heavy atom. The van der Waals surface area contributed by atoms with Crippen molar-refractivity contribution in [3.8, 4) is 33.4 Å². The maximum absolute atomic E-state index is 9.46. The van der Waals surface area contributed by atoms with E-state index in [1.807, 2.05) is 0 Å². The van der Waals surface area contributed by atoms with Gasteiger partial charge in [0, 0.05) is 0 Å². The van der Waals surface area contributed by atoms with Gasteiger partial charge in [-0.25, -0.2) is 0 Å². The van der Waals surface area contributed by atoms with Crippen LogP contribution in [0.3, 0.4) is 0 Å². The summed E-state index contributed by atoms with van der Waals surface area (Å²) in [5.74, 6) is 0.874. The molecule has 9 rings (SSSR count). The molecule has 2 aliphatic carbocycles. The van der Waals surface area contributed by atoms with Gasteiger partial charge in [0.05, 0.1) is 0 Å². The molecule has 0 amide bonds. The van der Waals surface area contributed by atoms with E-state index >= 15 is 0 Å². The molecule has 2 unspecified atom stereocenters. The molecule has 0 radical (unpaired) electrons. The van der Waals surface area contributed by atoms with Gasteiger partial charge in [-0.15, -0.1) is 0 Å². The van der Waals surface area contributed by atoms with Gasteiger partial charge >= 0.3 is 373 Å². The number of hydrogen-bond acceptors (Lipinski definition) is 0. The van der Waals surface area contributed by atoms with Gasteiger partial charge in [0.25, 0.3) is 0 Å². The average molecular weight is 922 g/mol. The third-order valence-electron chi connectivity index (χ3n) is 13.7. The van der Waals surface area contributed by atoms with E-state index in [4.69, 9.17) is 0 Å². The van der Waals surface area contributed by atoms with E-state index in [9.17, 15) is 17.0 Å². The summed E-state index contributed by atoms with van der Waals surface area (Å²) in [6.45, 7) is 22.9. The molecule has 1 aliphatic heterocycles. The standard InChI is InChI=1S/2C22H25.C12H9Si.2ClH.Zr/c2*1-14(2)8-18-12-19-7-6-17(5)22(21(19)13-18)20-10-15(3)9-16(4)11-20;1-3-7-11-9(5-1)10-6-2-4-8-12(10)13-11;;;/h2*6-7,9-14H,8H2,1-5H3;1-7H,13H2;2*1H;/q;;;;;+2/p-2. The van der Waals surface area contributed by atoms with Crippen LogP contribution in [0.4, 0.5) is 0 Å². The topological polar surface area (TPSA) is 0 Å². The summed E-state index contributed by atoms with van der Waals surface area (Å²) in [6, 6.07) is 39.8. The average Bonchev–Trinajstić information content (AvgIpc) is 3.85. The summed E-state index contributed by atoms with van der Waals surface area (Å²) in [5, 5.41) is 2.98. The Labute approximate surface area is 370 Å². The monoisotopic (exact) mass is 919 g/mol. The Kier molecular flexibility index (Phi) is 10.7. The quantitative estimate of drug-likeness (QED) is 0.127. The Hall–Kier alpha value is -3.52. The number of aryl methyl sites for hydroxylation is 6. The van der Waals surface area contributed by atoms with Gasteiger partial charge in [-0.05, 0) is 0 Å². The molecule has 4 heteroatoms. The van der Waals surface area contributed by atoms with Crippen molar-refractivity contribution >= 4 is 52.3 Å². The van der Waals surface area contributed by atoms with Gasteiger partial charge in [-0.2, -0.15) is 0 Å². The molecule has 0 fully saturated rings. The zero-order chi connectivity index (χ0) is 42.4. The molecule has 3 aliphatic rings. The van der Waals surface area contributed by atoms with Crippen LogP contribution in [0.5, 0.6) is 0 Å². The van der Waals surface area contributed by atoms with Crippen molar-refractivity contribution in [3.05, 3.63) is 170 Å². The van der Waals surface area contributed by atoms with Crippen molar-refractivity contribution in [1.29, 1.82) is 0 Å². The minimum atomic E-state index is -5.69. The van der Waals surface area contributed by atoms with Gasteiger partial charge in [-0.1, -0.05) is 0 Å². The van der Waals surface area contributed by atoms with Crippen LogP contribution in [0.25, 0.3) is 45.5 Å². The van der Waals surface area contributed by atoms with Crippen molar-refractivity contribution in [3.63, 3.8) is 0 Å². The van der Waals surface area contributed by atoms with Crippen molar-refractivity contribution in [1.82, 2.24) is 0 Å². The first kappa shape index (κ1) is 41.8. The first-order valence-corrected chi connectivity index (χ1v) is 34.0. The Bertz CT molecular complexity index is 2640. The van der Waals surface area contributed by atoms with Crippen molar-refractivity contribution < 1.29 is 16.4 Å². The van der Waals surface area contributed by atoms with Crippen LogP contribution in [-0.4, -0.2) is 9.52 Å².